The molecule has 0 aliphatic heterocycles. The SMILES string of the molecule is CCN(CC(=O)O)C1CC(NC(=O)NC(C)c2ccccc2OC(F)F)C1. The molecule has 2 amide bonds. The minimum atomic E-state index is -2.94. The molecule has 1 aromatic rings. The summed E-state index contributed by atoms with van der Waals surface area (Å²) in [5.41, 5.74) is 0.457. The molecule has 1 aromatic carbocycles. The Bertz CT molecular complexity index is 653. The first-order valence-electron chi connectivity index (χ1n) is 8.86. The molecule has 150 valence electrons. The Hall–Kier alpha value is -2.42. The minimum Gasteiger partial charge on any atom is -0.480 e. The summed E-state index contributed by atoms with van der Waals surface area (Å²) in [7, 11) is 0. The molecule has 3 N–H and O–H groups in total. The molecule has 0 aromatic heterocycles. The summed E-state index contributed by atoms with van der Waals surface area (Å²) in [6.45, 7) is 1.26. The monoisotopic (exact) mass is 385 g/mol. The second-order valence-corrected chi connectivity index (χ2v) is 6.53. The topological polar surface area (TPSA) is 90.9 Å². The molecule has 2 rings (SSSR count). The lowest BCUT2D eigenvalue weighted by molar-refractivity contribution is -0.139. The zero-order valence-electron chi connectivity index (χ0n) is 15.3. The standard InChI is InChI=1S/C18H25F2N3O4/c1-3-23(10-16(24)25)13-8-12(9-13)22-18(26)21-11(2)14-6-4-5-7-15(14)27-17(19)20/h4-7,11-13,17H,3,8-10H2,1-2H3,(H,24,25)(H2,21,22,26). The smallest absolute Gasteiger partial charge is 0.387 e. The predicted molar refractivity (Wildman–Crippen MR) is 94.8 cm³/mol. The van der Waals surface area contributed by atoms with Gasteiger partial charge in [0.2, 0.25) is 0 Å². The number of amides is 2. The van der Waals surface area contributed by atoms with Gasteiger partial charge in [0.25, 0.3) is 0 Å². The van der Waals surface area contributed by atoms with E-state index >= 15 is 0 Å². The lowest BCUT2D eigenvalue weighted by Gasteiger charge is -2.42. The molecule has 27 heavy (non-hydrogen) atoms. The van der Waals surface area contributed by atoms with E-state index in [0.717, 1.165) is 0 Å². The molecule has 1 fully saturated rings. The number of rotatable bonds is 9. The predicted octanol–water partition coefficient (Wildman–Crippen LogP) is 2.59. The fourth-order valence-corrected chi connectivity index (χ4v) is 3.22. The van der Waals surface area contributed by atoms with Crippen molar-refractivity contribution in [1.29, 1.82) is 0 Å². The normalized spacial score (nSPS) is 20.1. The first-order valence-corrected chi connectivity index (χ1v) is 8.86. The van der Waals surface area contributed by atoms with Gasteiger partial charge in [0.05, 0.1) is 12.6 Å². The summed E-state index contributed by atoms with van der Waals surface area (Å²) in [5.74, 6) is -0.847. The molecule has 9 heteroatoms. The molecule has 1 saturated carbocycles. The van der Waals surface area contributed by atoms with Crippen LogP contribution in [-0.2, 0) is 4.79 Å². The van der Waals surface area contributed by atoms with Gasteiger partial charge in [-0.3, -0.25) is 9.69 Å². The van der Waals surface area contributed by atoms with Crippen LogP contribution in [0.2, 0.25) is 0 Å². The number of aliphatic carboxylic acids is 1. The maximum atomic E-state index is 12.5. The van der Waals surface area contributed by atoms with Crippen LogP contribution >= 0.6 is 0 Å². The van der Waals surface area contributed by atoms with Crippen LogP contribution in [-0.4, -0.2) is 53.8 Å². The number of likely N-dealkylation sites (N-methyl/N-ethyl adjacent to an activating group) is 1. The lowest BCUT2D eigenvalue weighted by atomic mass is 9.85. The van der Waals surface area contributed by atoms with Gasteiger partial charge in [-0.25, -0.2) is 4.79 Å². The van der Waals surface area contributed by atoms with Gasteiger partial charge in [0, 0.05) is 17.6 Å². The quantitative estimate of drug-likeness (QED) is 0.608. The van der Waals surface area contributed by atoms with Gasteiger partial charge in [0.1, 0.15) is 5.75 Å². The minimum absolute atomic E-state index is 0.0158. The van der Waals surface area contributed by atoms with E-state index in [4.69, 9.17) is 5.11 Å². The summed E-state index contributed by atoms with van der Waals surface area (Å²) in [5, 5.41) is 14.4. The largest absolute Gasteiger partial charge is 0.480 e. The Morgan fingerprint density at radius 1 is 1.33 bits per heavy atom. The van der Waals surface area contributed by atoms with Crippen LogP contribution in [0.4, 0.5) is 13.6 Å². The molecular formula is C18H25F2N3O4. The van der Waals surface area contributed by atoms with Crippen LogP contribution in [0.25, 0.3) is 0 Å². The van der Waals surface area contributed by atoms with E-state index in [1.807, 2.05) is 11.8 Å². The van der Waals surface area contributed by atoms with E-state index in [9.17, 15) is 18.4 Å². The third kappa shape index (κ3) is 6.06. The number of ether oxygens (including phenoxy) is 1. The highest BCUT2D eigenvalue weighted by Gasteiger charge is 2.34. The average molecular weight is 385 g/mol. The van der Waals surface area contributed by atoms with E-state index in [1.54, 1.807) is 25.1 Å². The molecule has 1 unspecified atom stereocenters. The zero-order valence-corrected chi connectivity index (χ0v) is 15.3. The van der Waals surface area contributed by atoms with Crippen molar-refractivity contribution in [3.8, 4) is 5.75 Å². The fourth-order valence-electron chi connectivity index (χ4n) is 3.22. The highest BCUT2D eigenvalue weighted by molar-refractivity contribution is 5.75. The average Bonchev–Trinajstić information content (AvgIpc) is 2.55. The van der Waals surface area contributed by atoms with Gasteiger partial charge < -0.3 is 20.5 Å². The van der Waals surface area contributed by atoms with Gasteiger partial charge in [-0.15, -0.1) is 0 Å². The Morgan fingerprint density at radius 2 is 2.00 bits per heavy atom. The molecule has 1 aliphatic carbocycles. The molecule has 0 radical (unpaired) electrons. The first kappa shape index (κ1) is 20.9. The van der Waals surface area contributed by atoms with E-state index in [0.29, 0.717) is 24.9 Å². The third-order valence-corrected chi connectivity index (χ3v) is 4.66. The van der Waals surface area contributed by atoms with Crippen LogP contribution in [0, 0.1) is 0 Å². The number of benzene rings is 1. The molecule has 0 spiro atoms. The van der Waals surface area contributed by atoms with E-state index in [1.165, 1.54) is 6.07 Å². The van der Waals surface area contributed by atoms with Crippen molar-refractivity contribution in [3.05, 3.63) is 29.8 Å². The van der Waals surface area contributed by atoms with Crippen molar-refractivity contribution in [3.63, 3.8) is 0 Å². The maximum Gasteiger partial charge on any atom is 0.387 e. The Labute approximate surface area is 156 Å². The fraction of sp³-hybridized carbons (Fsp3) is 0.556. The molecule has 0 bridgehead atoms. The number of halogens is 2. The highest BCUT2D eigenvalue weighted by Crippen LogP contribution is 2.27. The van der Waals surface area contributed by atoms with E-state index in [-0.39, 0.29) is 24.4 Å². The Balaban J connectivity index is 1.82. The molecule has 7 nitrogen and oxygen atoms in total. The van der Waals surface area contributed by atoms with Crippen molar-refractivity contribution < 1.29 is 28.2 Å². The number of hydrogen-bond acceptors (Lipinski definition) is 4. The summed E-state index contributed by atoms with van der Waals surface area (Å²) >= 11 is 0. The number of nitrogens with one attached hydrogen (secondary N) is 2. The van der Waals surface area contributed by atoms with Crippen LogP contribution < -0.4 is 15.4 Å². The number of carboxylic acid groups (broad SMARTS) is 1. The van der Waals surface area contributed by atoms with Crippen molar-refractivity contribution in [2.24, 2.45) is 0 Å². The van der Waals surface area contributed by atoms with Crippen molar-refractivity contribution in [1.82, 2.24) is 15.5 Å². The maximum absolute atomic E-state index is 12.5. The van der Waals surface area contributed by atoms with Crippen LogP contribution in [0.5, 0.6) is 5.75 Å². The van der Waals surface area contributed by atoms with Gasteiger partial charge in [-0.2, -0.15) is 8.78 Å². The molecule has 1 aliphatic rings. The summed E-state index contributed by atoms with van der Waals surface area (Å²) < 4.78 is 29.5. The van der Waals surface area contributed by atoms with Gasteiger partial charge >= 0.3 is 18.6 Å². The summed E-state index contributed by atoms with van der Waals surface area (Å²) in [6.07, 6.45) is 1.35. The number of para-hydroxylation sites is 1. The van der Waals surface area contributed by atoms with Crippen molar-refractivity contribution in [2.45, 2.75) is 51.4 Å². The third-order valence-electron chi connectivity index (χ3n) is 4.66. The lowest BCUT2D eigenvalue weighted by Crippen LogP contribution is -2.56. The number of carbonyl (C=O) groups excluding carboxylic acids is 1. The van der Waals surface area contributed by atoms with Crippen LogP contribution in [0.1, 0.15) is 38.3 Å². The number of nitrogens with zero attached hydrogens (tertiary/aromatic N) is 1. The van der Waals surface area contributed by atoms with Crippen LogP contribution in [0.15, 0.2) is 24.3 Å². The van der Waals surface area contributed by atoms with Gasteiger partial charge in [-0.05, 0) is 32.4 Å². The number of hydrogen-bond donors (Lipinski definition) is 3. The molecular weight excluding hydrogens is 360 g/mol. The zero-order chi connectivity index (χ0) is 20.0. The number of alkyl halides is 2. The van der Waals surface area contributed by atoms with Gasteiger partial charge in [-0.1, -0.05) is 25.1 Å². The molecule has 1 atom stereocenters. The van der Waals surface area contributed by atoms with Gasteiger partial charge in [0.15, 0.2) is 0 Å². The van der Waals surface area contributed by atoms with Crippen molar-refractivity contribution in [2.75, 3.05) is 13.1 Å². The Morgan fingerprint density at radius 3 is 2.59 bits per heavy atom. The number of carboxylic acids is 1. The number of urea groups is 1. The van der Waals surface area contributed by atoms with Crippen LogP contribution in [0.3, 0.4) is 0 Å². The number of carbonyl (C=O) groups is 2. The Kier molecular flexibility index (Phi) is 7.35. The first-order chi connectivity index (χ1) is 12.8. The highest BCUT2D eigenvalue weighted by atomic mass is 19.3. The van der Waals surface area contributed by atoms with E-state index in [2.05, 4.69) is 15.4 Å². The molecule has 0 heterocycles. The second-order valence-electron chi connectivity index (χ2n) is 6.53. The summed E-state index contributed by atoms with van der Waals surface area (Å²) in [4.78, 5) is 24.9. The summed E-state index contributed by atoms with van der Waals surface area (Å²) in [6, 6.07) is 5.48. The van der Waals surface area contributed by atoms with Crippen molar-refractivity contribution >= 4 is 12.0 Å². The second kappa shape index (κ2) is 9.50. The molecule has 0 saturated heterocycles. The van der Waals surface area contributed by atoms with E-state index < -0.39 is 24.7 Å².